The predicted molar refractivity (Wildman–Crippen MR) is 162 cm³/mol. The molecule has 12 heteroatoms. The van der Waals surface area contributed by atoms with Crippen LogP contribution in [-0.4, -0.2) is 42.6 Å². The number of hydrogen-bond donors (Lipinski definition) is 2. The van der Waals surface area contributed by atoms with E-state index in [0.29, 0.717) is 46.3 Å². The predicted octanol–water partition coefficient (Wildman–Crippen LogP) is 6.98. The summed E-state index contributed by atoms with van der Waals surface area (Å²) in [5.41, 5.74) is 2.79. The molecule has 1 aliphatic rings. The van der Waals surface area contributed by atoms with Crippen LogP contribution in [0.2, 0.25) is 5.02 Å². The van der Waals surface area contributed by atoms with Crippen molar-refractivity contribution in [2.45, 2.75) is 30.2 Å². The number of sulfonamides is 1. The molecule has 3 heterocycles. The molecule has 6 rings (SSSR count). The van der Waals surface area contributed by atoms with Gasteiger partial charge in [-0.15, -0.1) is 11.3 Å². The summed E-state index contributed by atoms with van der Waals surface area (Å²) in [6, 6.07) is 19.1. The van der Waals surface area contributed by atoms with Gasteiger partial charge in [-0.3, -0.25) is 4.72 Å². The number of nitrogens with zero attached hydrogens (tertiary/aromatic N) is 3. The zero-order valence-electron chi connectivity index (χ0n) is 21.8. The Morgan fingerprint density at radius 2 is 1.83 bits per heavy atom. The number of nitrogens with one attached hydrogen (secondary N) is 2. The minimum absolute atomic E-state index is 0.00321. The molecule has 3 aromatic carbocycles. The van der Waals surface area contributed by atoms with Crippen molar-refractivity contribution in [1.29, 1.82) is 0 Å². The fourth-order valence-electron chi connectivity index (χ4n) is 4.66. The third kappa shape index (κ3) is 6.13. The largest absolute Gasteiger partial charge is 0.437 e. The van der Waals surface area contributed by atoms with Gasteiger partial charge in [-0.25, -0.2) is 23.4 Å². The molecule has 9 nitrogen and oxygen atoms in total. The maximum atomic E-state index is 13.1. The highest BCUT2D eigenvalue weighted by atomic mass is 35.5. The SMILES string of the molecule is O=S(=O)(Nc1cccc2c(Oc3ncsc3-c3ccnc(NC4CCCCOC4)n3)cccc12)c1ccccc1Cl. The first-order valence-corrected chi connectivity index (χ1v) is 15.8. The number of anilines is 2. The molecular formula is C29H26ClN5O4S2. The summed E-state index contributed by atoms with van der Waals surface area (Å²) in [6.07, 6.45) is 4.86. The normalized spacial score (nSPS) is 15.8. The monoisotopic (exact) mass is 607 g/mol. The highest BCUT2D eigenvalue weighted by Crippen LogP contribution is 2.39. The molecule has 1 fully saturated rings. The average molecular weight is 608 g/mol. The molecular weight excluding hydrogens is 582 g/mol. The first-order valence-electron chi connectivity index (χ1n) is 13.1. The quantitative estimate of drug-likeness (QED) is 0.194. The van der Waals surface area contributed by atoms with Gasteiger partial charge in [-0.2, -0.15) is 0 Å². The van der Waals surface area contributed by atoms with Crippen molar-refractivity contribution in [3.8, 4) is 22.2 Å². The van der Waals surface area contributed by atoms with Gasteiger partial charge in [0.15, 0.2) is 0 Å². The van der Waals surface area contributed by atoms with Crippen LogP contribution in [0.5, 0.6) is 11.6 Å². The van der Waals surface area contributed by atoms with E-state index in [1.807, 2.05) is 24.3 Å². The topological polar surface area (TPSA) is 115 Å². The van der Waals surface area contributed by atoms with Crippen molar-refractivity contribution in [2.75, 3.05) is 23.3 Å². The van der Waals surface area contributed by atoms with Crippen molar-refractivity contribution in [2.24, 2.45) is 0 Å². The molecule has 210 valence electrons. The van der Waals surface area contributed by atoms with Crippen LogP contribution in [0.25, 0.3) is 21.3 Å². The van der Waals surface area contributed by atoms with Crippen LogP contribution in [0, 0.1) is 0 Å². The Morgan fingerprint density at radius 1 is 0.976 bits per heavy atom. The molecule has 2 aromatic heterocycles. The van der Waals surface area contributed by atoms with E-state index < -0.39 is 10.0 Å². The van der Waals surface area contributed by atoms with Gasteiger partial charge >= 0.3 is 0 Å². The van der Waals surface area contributed by atoms with Crippen molar-refractivity contribution in [1.82, 2.24) is 15.0 Å². The van der Waals surface area contributed by atoms with Gasteiger partial charge in [-0.1, -0.05) is 48.0 Å². The van der Waals surface area contributed by atoms with Crippen molar-refractivity contribution in [3.05, 3.63) is 83.5 Å². The number of aromatic nitrogens is 3. The molecule has 2 N–H and O–H groups in total. The van der Waals surface area contributed by atoms with Crippen molar-refractivity contribution < 1.29 is 17.9 Å². The van der Waals surface area contributed by atoms with Crippen LogP contribution in [-0.2, 0) is 14.8 Å². The molecule has 0 spiro atoms. The Labute approximate surface area is 246 Å². The van der Waals surface area contributed by atoms with E-state index in [-0.39, 0.29) is 16.0 Å². The maximum absolute atomic E-state index is 13.1. The van der Waals surface area contributed by atoms with Crippen LogP contribution < -0.4 is 14.8 Å². The highest BCUT2D eigenvalue weighted by Gasteiger charge is 2.20. The van der Waals surface area contributed by atoms with E-state index in [2.05, 4.69) is 20.0 Å². The lowest BCUT2D eigenvalue weighted by Crippen LogP contribution is -2.25. The lowest BCUT2D eigenvalue weighted by Gasteiger charge is -2.16. The number of rotatable bonds is 8. The summed E-state index contributed by atoms with van der Waals surface area (Å²) in [6.45, 7) is 1.41. The standard InChI is InChI=1S/C29H26ClN5O4S2/c30-22-10-1-2-13-26(22)41(36,37)35-23-11-5-9-21-20(23)8-6-12-25(21)39-28-27(40-18-32-28)24-14-15-31-29(34-24)33-19-7-3-4-16-38-17-19/h1-2,5-6,8-15,18-19,35H,3-4,7,16-17H2,(H,31,33,34). The van der Waals surface area contributed by atoms with Gasteiger partial charge in [0.2, 0.25) is 11.8 Å². The minimum Gasteiger partial charge on any atom is -0.437 e. The molecule has 0 radical (unpaired) electrons. The summed E-state index contributed by atoms with van der Waals surface area (Å²) in [5, 5.41) is 4.91. The fraction of sp³-hybridized carbons (Fsp3) is 0.207. The molecule has 1 atom stereocenters. The van der Waals surface area contributed by atoms with Gasteiger partial charge in [0, 0.05) is 23.6 Å². The third-order valence-corrected chi connectivity index (χ3v) is 9.32. The Bertz CT molecular complexity index is 1790. The number of thiazole rings is 1. The fourth-order valence-corrected chi connectivity index (χ4v) is 6.94. The smallest absolute Gasteiger partial charge is 0.263 e. The van der Waals surface area contributed by atoms with Gasteiger partial charge in [0.1, 0.15) is 15.5 Å². The second kappa shape index (κ2) is 12.0. The zero-order chi connectivity index (χ0) is 28.2. The molecule has 41 heavy (non-hydrogen) atoms. The van der Waals surface area contributed by atoms with E-state index >= 15 is 0 Å². The molecule has 0 aliphatic carbocycles. The second-order valence-corrected chi connectivity index (χ2v) is 12.4. The van der Waals surface area contributed by atoms with E-state index in [4.69, 9.17) is 26.1 Å². The Kier molecular flexibility index (Phi) is 8.02. The second-order valence-electron chi connectivity index (χ2n) is 9.46. The molecule has 0 bridgehead atoms. The average Bonchev–Trinajstić information content (AvgIpc) is 3.28. The van der Waals surface area contributed by atoms with Gasteiger partial charge < -0.3 is 14.8 Å². The first-order chi connectivity index (χ1) is 20.0. The van der Waals surface area contributed by atoms with Crippen LogP contribution in [0.3, 0.4) is 0 Å². The maximum Gasteiger partial charge on any atom is 0.263 e. The first kappa shape index (κ1) is 27.4. The van der Waals surface area contributed by atoms with E-state index in [0.717, 1.165) is 30.7 Å². The summed E-state index contributed by atoms with van der Waals surface area (Å²) in [7, 11) is -3.92. The summed E-state index contributed by atoms with van der Waals surface area (Å²) >= 11 is 7.58. The number of hydrogen-bond acceptors (Lipinski definition) is 9. The lowest BCUT2D eigenvalue weighted by molar-refractivity contribution is 0.138. The van der Waals surface area contributed by atoms with E-state index in [9.17, 15) is 8.42 Å². The summed E-state index contributed by atoms with van der Waals surface area (Å²) in [5.74, 6) is 1.45. The Hall–Kier alpha value is -3.77. The van der Waals surface area contributed by atoms with E-state index in [1.165, 1.54) is 17.4 Å². The van der Waals surface area contributed by atoms with Crippen LogP contribution >= 0.6 is 22.9 Å². The van der Waals surface area contributed by atoms with Gasteiger partial charge in [-0.05, 0) is 49.6 Å². The number of fused-ring (bicyclic) bond motifs is 1. The van der Waals surface area contributed by atoms with Gasteiger partial charge in [0.25, 0.3) is 10.0 Å². The molecule has 1 saturated heterocycles. The minimum atomic E-state index is -3.92. The highest BCUT2D eigenvalue weighted by molar-refractivity contribution is 7.92. The van der Waals surface area contributed by atoms with Crippen LogP contribution in [0.1, 0.15) is 19.3 Å². The van der Waals surface area contributed by atoms with Gasteiger partial charge in [0.05, 0.1) is 34.6 Å². The molecule has 1 unspecified atom stereocenters. The number of benzene rings is 3. The third-order valence-electron chi connectivity index (χ3n) is 6.63. The lowest BCUT2D eigenvalue weighted by atomic mass is 10.1. The van der Waals surface area contributed by atoms with Crippen molar-refractivity contribution >= 4 is 55.4 Å². The Morgan fingerprint density at radius 3 is 2.73 bits per heavy atom. The summed E-state index contributed by atoms with van der Waals surface area (Å²) < 4.78 is 40.9. The molecule has 1 aliphatic heterocycles. The van der Waals surface area contributed by atoms with Crippen LogP contribution in [0.4, 0.5) is 11.6 Å². The molecule has 0 amide bonds. The number of halogens is 1. The van der Waals surface area contributed by atoms with Crippen molar-refractivity contribution in [3.63, 3.8) is 0 Å². The Balaban J connectivity index is 1.27. The summed E-state index contributed by atoms with van der Waals surface area (Å²) in [4.78, 5) is 14.3. The zero-order valence-corrected chi connectivity index (χ0v) is 24.2. The van der Waals surface area contributed by atoms with Crippen LogP contribution in [0.15, 0.2) is 83.3 Å². The molecule has 0 saturated carbocycles. The molecule has 5 aromatic rings. The number of ether oxygens (including phenoxy) is 2. The van der Waals surface area contributed by atoms with E-state index in [1.54, 1.807) is 48.1 Å².